The van der Waals surface area contributed by atoms with Crippen LogP contribution in [0, 0.1) is 0 Å². The minimum atomic E-state index is 0.138. The lowest BCUT2D eigenvalue weighted by atomic mass is 10.3. The van der Waals surface area contributed by atoms with Crippen molar-refractivity contribution < 1.29 is 9.59 Å². The Morgan fingerprint density at radius 3 is 2.41 bits per heavy atom. The molecule has 8 heteroatoms. The molecule has 0 aliphatic carbocycles. The van der Waals surface area contributed by atoms with Crippen LogP contribution in [-0.2, 0) is 16.1 Å². The number of aromatic nitrogens is 2. The van der Waals surface area contributed by atoms with E-state index >= 15 is 0 Å². The number of amides is 2. The molecule has 158 valence electrons. The van der Waals surface area contributed by atoms with Crippen molar-refractivity contribution in [1.29, 1.82) is 0 Å². The molecule has 1 aromatic heterocycles. The number of hydrogen-bond acceptors (Lipinski definition) is 5. The molecule has 2 heterocycles. The van der Waals surface area contributed by atoms with Gasteiger partial charge in [-0.2, -0.15) is 0 Å². The van der Waals surface area contributed by atoms with Crippen LogP contribution in [0.5, 0.6) is 0 Å². The summed E-state index contributed by atoms with van der Waals surface area (Å²) in [5, 5.41) is 0.894. The van der Waals surface area contributed by atoms with Gasteiger partial charge < -0.3 is 14.4 Å². The number of para-hydroxylation sites is 2. The minimum absolute atomic E-state index is 0.138. The zero-order valence-corrected chi connectivity index (χ0v) is 18.5. The third-order valence-electron chi connectivity index (χ3n) is 5.46. The Morgan fingerprint density at radius 1 is 1.07 bits per heavy atom. The summed E-state index contributed by atoms with van der Waals surface area (Å²) in [6.07, 6.45) is 0. The molecule has 1 saturated heterocycles. The molecule has 1 aromatic carbocycles. The first-order valence-electron chi connectivity index (χ1n) is 10.4. The number of likely N-dealkylation sites (N-methyl/N-ethyl adjacent to an activating group) is 1. The smallest absolute Gasteiger partial charge is 0.236 e. The highest BCUT2D eigenvalue weighted by Crippen LogP contribution is 2.24. The summed E-state index contributed by atoms with van der Waals surface area (Å²) < 4.78 is 2.16. The molecule has 0 N–H and O–H groups in total. The van der Waals surface area contributed by atoms with Crippen molar-refractivity contribution in [2.75, 3.05) is 51.6 Å². The maximum Gasteiger partial charge on any atom is 0.236 e. The van der Waals surface area contributed by atoms with Gasteiger partial charge in [0.15, 0.2) is 5.16 Å². The molecule has 0 saturated carbocycles. The Balaban J connectivity index is 1.50. The summed E-state index contributed by atoms with van der Waals surface area (Å²) >= 11 is 1.51. The molecule has 0 unspecified atom stereocenters. The number of aryl methyl sites for hydroxylation is 1. The third kappa shape index (κ3) is 5.11. The fraction of sp³-hybridized carbons (Fsp3) is 0.571. The maximum absolute atomic E-state index is 12.7. The summed E-state index contributed by atoms with van der Waals surface area (Å²) in [7, 11) is 0. The molecule has 0 atom stereocenters. The lowest BCUT2D eigenvalue weighted by Crippen LogP contribution is -2.52. The zero-order valence-electron chi connectivity index (χ0n) is 17.6. The number of hydrogen-bond donors (Lipinski definition) is 0. The maximum atomic E-state index is 12.7. The van der Waals surface area contributed by atoms with E-state index in [-0.39, 0.29) is 11.8 Å². The average Bonchev–Trinajstić information content (AvgIpc) is 3.11. The summed E-state index contributed by atoms with van der Waals surface area (Å²) in [4.78, 5) is 35.6. The second-order valence-electron chi connectivity index (χ2n) is 7.14. The lowest BCUT2D eigenvalue weighted by Gasteiger charge is -2.35. The molecule has 2 aromatic rings. The van der Waals surface area contributed by atoms with Gasteiger partial charge in [-0.1, -0.05) is 23.9 Å². The highest BCUT2D eigenvalue weighted by Gasteiger charge is 2.24. The van der Waals surface area contributed by atoms with Crippen LogP contribution in [-0.4, -0.2) is 87.6 Å². The molecule has 0 bridgehead atoms. The molecule has 3 rings (SSSR count). The summed E-state index contributed by atoms with van der Waals surface area (Å²) in [5.41, 5.74) is 2.08. The van der Waals surface area contributed by atoms with Gasteiger partial charge in [0, 0.05) is 45.8 Å². The normalized spacial score (nSPS) is 15.1. The van der Waals surface area contributed by atoms with Gasteiger partial charge in [0.05, 0.1) is 23.3 Å². The van der Waals surface area contributed by atoms with E-state index in [1.165, 1.54) is 11.8 Å². The molecule has 1 fully saturated rings. The van der Waals surface area contributed by atoms with E-state index in [4.69, 9.17) is 0 Å². The first kappa shape index (κ1) is 21.6. The van der Waals surface area contributed by atoms with Crippen molar-refractivity contribution in [2.45, 2.75) is 32.5 Å². The van der Waals surface area contributed by atoms with Gasteiger partial charge in [-0.25, -0.2) is 4.98 Å². The summed E-state index contributed by atoms with van der Waals surface area (Å²) in [6.45, 7) is 11.7. The molecule has 0 spiro atoms. The van der Waals surface area contributed by atoms with E-state index in [0.717, 1.165) is 48.9 Å². The van der Waals surface area contributed by atoms with E-state index in [0.29, 0.717) is 25.4 Å². The molecule has 7 nitrogen and oxygen atoms in total. The van der Waals surface area contributed by atoms with Crippen LogP contribution in [0.1, 0.15) is 20.8 Å². The quantitative estimate of drug-likeness (QED) is 0.616. The number of carbonyl (C=O) groups is 2. The van der Waals surface area contributed by atoms with Gasteiger partial charge in [-0.3, -0.25) is 14.5 Å². The topological polar surface area (TPSA) is 61.7 Å². The second-order valence-corrected chi connectivity index (χ2v) is 8.08. The summed E-state index contributed by atoms with van der Waals surface area (Å²) in [6, 6.07) is 8.07. The first-order valence-corrected chi connectivity index (χ1v) is 11.4. The number of thioether (sulfide) groups is 1. The Bertz CT molecular complexity index is 841. The Hall–Kier alpha value is -2.06. The second kappa shape index (κ2) is 10.1. The highest BCUT2D eigenvalue weighted by atomic mass is 32.2. The number of nitrogens with zero attached hydrogens (tertiary/aromatic N) is 5. The summed E-state index contributed by atoms with van der Waals surface area (Å²) in [5.74, 6) is 0.699. The Kier molecular flexibility index (Phi) is 7.55. The zero-order chi connectivity index (χ0) is 20.8. The number of carbonyl (C=O) groups excluding carboxylic acids is 2. The largest absolute Gasteiger partial charge is 0.342 e. The van der Waals surface area contributed by atoms with Crippen LogP contribution in [0.15, 0.2) is 29.4 Å². The number of fused-ring (bicyclic) bond motifs is 1. The number of imidazole rings is 1. The number of rotatable bonds is 8. The number of benzene rings is 1. The van der Waals surface area contributed by atoms with E-state index < -0.39 is 0 Å². The van der Waals surface area contributed by atoms with Crippen LogP contribution in [0.4, 0.5) is 0 Å². The molecular formula is C21H31N5O2S. The van der Waals surface area contributed by atoms with E-state index in [1.54, 1.807) is 0 Å². The minimum Gasteiger partial charge on any atom is -0.342 e. The van der Waals surface area contributed by atoms with Crippen LogP contribution in [0.2, 0.25) is 0 Å². The van der Waals surface area contributed by atoms with Crippen molar-refractivity contribution in [3.8, 4) is 0 Å². The van der Waals surface area contributed by atoms with Gasteiger partial charge >= 0.3 is 0 Å². The van der Waals surface area contributed by atoms with Crippen LogP contribution < -0.4 is 0 Å². The predicted octanol–water partition coefficient (Wildman–Crippen LogP) is 2.16. The van der Waals surface area contributed by atoms with E-state index in [2.05, 4.69) is 27.4 Å². The fourth-order valence-corrected chi connectivity index (χ4v) is 4.69. The first-order chi connectivity index (χ1) is 14.1. The standard InChI is InChI=1S/C21H31N5O2S/c1-4-24(5-2)19(27)15-23-11-13-25(14-12-23)20(28)16-29-21-22-17-9-7-8-10-18(17)26(21)6-3/h7-10H,4-6,11-16H2,1-3H3. The van der Waals surface area contributed by atoms with Crippen molar-refractivity contribution >= 4 is 34.6 Å². The Morgan fingerprint density at radius 2 is 1.76 bits per heavy atom. The van der Waals surface area contributed by atoms with E-state index in [9.17, 15) is 9.59 Å². The molecule has 29 heavy (non-hydrogen) atoms. The fourth-order valence-electron chi connectivity index (χ4n) is 3.71. The van der Waals surface area contributed by atoms with Crippen LogP contribution in [0.25, 0.3) is 11.0 Å². The van der Waals surface area contributed by atoms with Gasteiger partial charge in [-0.15, -0.1) is 0 Å². The number of piperazine rings is 1. The van der Waals surface area contributed by atoms with Gasteiger partial charge in [-0.05, 0) is 32.9 Å². The van der Waals surface area contributed by atoms with Crippen LogP contribution >= 0.6 is 11.8 Å². The SMILES string of the molecule is CCN(CC)C(=O)CN1CCN(C(=O)CSc2nc3ccccc3n2CC)CC1. The monoisotopic (exact) mass is 417 g/mol. The molecule has 2 amide bonds. The third-order valence-corrected chi connectivity index (χ3v) is 6.42. The molecular weight excluding hydrogens is 386 g/mol. The van der Waals surface area contributed by atoms with Gasteiger partial charge in [0.2, 0.25) is 11.8 Å². The van der Waals surface area contributed by atoms with Gasteiger partial charge in [0.25, 0.3) is 0 Å². The highest BCUT2D eigenvalue weighted by molar-refractivity contribution is 7.99. The van der Waals surface area contributed by atoms with E-state index in [1.807, 2.05) is 41.8 Å². The van der Waals surface area contributed by atoms with Crippen molar-refractivity contribution in [2.24, 2.45) is 0 Å². The molecule has 0 radical (unpaired) electrons. The predicted molar refractivity (Wildman–Crippen MR) is 117 cm³/mol. The van der Waals surface area contributed by atoms with Crippen LogP contribution in [0.3, 0.4) is 0 Å². The molecule has 1 aliphatic heterocycles. The Labute approximate surface area is 177 Å². The van der Waals surface area contributed by atoms with Crippen molar-refractivity contribution in [1.82, 2.24) is 24.3 Å². The lowest BCUT2D eigenvalue weighted by molar-refractivity contribution is -0.133. The van der Waals surface area contributed by atoms with Crippen molar-refractivity contribution in [3.63, 3.8) is 0 Å². The van der Waals surface area contributed by atoms with Crippen molar-refractivity contribution in [3.05, 3.63) is 24.3 Å². The molecule has 1 aliphatic rings. The van der Waals surface area contributed by atoms with Gasteiger partial charge in [0.1, 0.15) is 0 Å². The average molecular weight is 418 g/mol.